The molecule has 0 saturated carbocycles. The molecule has 2 amide bonds. The smallest absolute Gasteiger partial charge is 0.269 e. The zero-order valence-electron chi connectivity index (χ0n) is 14.8. The van der Waals surface area contributed by atoms with Gasteiger partial charge in [0, 0.05) is 35.5 Å². The lowest BCUT2D eigenvalue weighted by molar-refractivity contribution is -0.384. The Morgan fingerprint density at radius 1 is 1.15 bits per heavy atom. The van der Waals surface area contributed by atoms with Gasteiger partial charge in [-0.05, 0) is 47.2 Å². The molecule has 0 aliphatic carbocycles. The number of carbonyl (C=O) groups excluding carboxylic acids is 2. The molecule has 10 heteroatoms. The summed E-state index contributed by atoms with van der Waals surface area (Å²) in [7, 11) is 3.22. The van der Waals surface area contributed by atoms with E-state index in [4.69, 9.17) is 0 Å². The first-order valence-corrected chi connectivity index (χ1v) is 8.66. The average Bonchev–Trinajstić information content (AvgIpc) is 2.62. The van der Waals surface area contributed by atoms with Crippen molar-refractivity contribution >= 4 is 44.9 Å². The maximum atomic E-state index is 12.4. The zero-order chi connectivity index (χ0) is 20.0. The number of hydrogen-bond donors (Lipinski definition) is 1. The third-order valence-electron chi connectivity index (χ3n) is 3.64. The number of non-ortho nitro benzene ring substituents is 1. The van der Waals surface area contributed by atoms with E-state index in [1.165, 1.54) is 29.2 Å². The molecular weight excluding hydrogens is 418 g/mol. The molecule has 1 heterocycles. The number of nitro groups is 1. The van der Waals surface area contributed by atoms with Crippen LogP contribution in [0.2, 0.25) is 0 Å². The fourth-order valence-corrected chi connectivity index (χ4v) is 2.45. The van der Waals surface area contributed by atoms with Gasteiger partial charge in [-0.1, -0.05) is 0 Å². The number of amides is 2. The van der Waals surface area contributed by atoms with Crippen LogP contribution in [0.3, 0.4) is 0 Å². The second kappa shape index (κ2) is 9.19. The van der Waals surface area contributed by atoms with E-state index < -0.39 is 4.92 Å². The number of halogens is 1. The van der Waals surface area contributed by atoms with Crippen LogP contribution in [-0.2, 0) is 9.59 Å². The number of pyridine rings is 1. The number of anilines is 2. The third-order valence-corrected chi connectivity index (χ3v) is 4.10. The van der Waals surface area contributed by atoms with Crippen molar-refractivity contribution in [3.05, 3.63) is 57.2 Å². The maximum Gasteiger partial charge on any atom is 0.269 e. The number of nitrogens with zero attached hydrogens (tertiary/aromatic N) is 4. The summed E-state index contributed by atoms with van der Waals surface area (Å²) in [4.78, 5) is 41.6. The standard InChI is InChI=1S/C17H18BrN5O4/c1-21(10-16(24)20-15-8-3-12(18)9-19-15)11-17(25)22(2)13-4-6-14(7-5-13)23(26)27/h3-9H,10-11H2,1-2H3,(H,19,20,24). The molecule has 0 unspecified atom stereocenters. The number of likely N-dealkylation sites (N-methyl/N-ethyl adjacent to an activating group) is 2. The normalized spacial score (nSPS) is 10.5. The molecule has 0 spiro atoms. The summed E-state index contributed by atoms with van der Waals surface area (Å²) in [5.74, 6) is -0.120. The first-order valence-electron chi connectivity index (χ1n) is 7.87. The van der Waals surface area contributed by atoms with Crippen molar-refractivity contribution in [1.82, 2.24) is 9.88 Å². The number of rotatable bonds is 7. The summed E-state index contributed by atoms with van der Waals surface area (Å²) in [5.41, 5.74) is 0.484. The molecule has 0 saturated heterocycles. The Labute approximate surface area is 164 Å². The van der Waals surface area contributed by atoms with E-state index in [1.54, 1.807) is 37.3 Å². The van der Waals surface area contributed by atoms with Gasteiger partial charge in [0.25, 0.3) is 5.69 Å². The second-order valence-electron chi connectivity index (χ2n) is 5.81. The van der Waals surface area contributed by atoms with Gasteiger partial charge >= 0.3 is 0 Å². The van der Waals surface area contributed by atoms with Crippen LogP contribution in [0, 0.1) is 10.1 Å². The summed E-state index contributed by atoms with van der Waals surface area (Å²) in [6.07, 6.45) is 1.57. The summed E-state index contributed by atoms with van der Waals surface area (Å²) < 4.78 is 0.803. The SMILES string of the molecule is CN(CC(=O)Nc1ccc(Br)cn1)CC(=O)N(C)c1ccc([N+](=O)[O-])cc1. The van der Waals surface area contributed by atoms with Gasteiger partial charge in [0.05, 0.1) is 18.0 Å². The Morgan fingerprint density at radius 3 is 2.37 bits per heavy atom. The van der Waals surface area contributed by atoms with Crippen LogP contribution in [0.15, 0.2) is 47.1 Å². The molecule has 1 N–H and O–H groups in total. The fraction of sp³-hybridized carbons (Fsp3) is 0.235. The highest BCUT2D eigenvalue weighted by molar-refractivity contribution is 9.10. The van der Waals surface area contributed by atoms with Gasteiger partial charge in [0.1, 0.15) is 5.82 Å². The van der Waals surface area contributed by atoms with E-state index in [-0.39, 0.29) is 30.6 Å². The van der Waals surface area contributed by atoms with E-state index in [0.29, 0.717) is 11.5 Å². The van der Waals surface area contributed by atoms with Gasteiger partial charge in [-0.2, -0.15) is 0 Å². The van der Waals surface area contributed by atoms with Gasteiger partial charge in [-0.25, -0.2) is 4.98 Å². The molecule has 9 nitrogen and oxygen atoms in total. The first-order chi connectivity index (χ1) is 12.8. The molecule has 0 aliphatic rings. The Kier molecular flexibility index (Phi) is 6.97. The van der Waals surface area contributed by atoms with Gasteiger partial charge in [-0.3, -0.25) is 24.6 Å². The van der Waals surface area contributed by atoms with Crippen LogP contribution in [-0.4, -0.2) is 53.8 Å². The molecule has 0 radical (unpaired) electrons. The molecule has 0 atom stereocenters. The number of aromatic nitrogens is 1. The molecule has 1 aromatic heterocycles. The summed E-state index contributed by atoms with van der Waals surface area (Å²) in [6, 6.07) is 9.09. The van der Waals surface area contributed by atoms with Crippen LogP contribution >= 0.6 is 15.9 Å². The topological polar surface area (TPSA) is 109 Å². The van der Waals surface area contributed by atoms with Gasteiger partial charge in [0.15, 0.2) is 0 Å². The summed E-state index contributed by atoms with van der Waals surface area (Å²) in [6.45, 7) is 0.0201. The van der Waals surface area contributed by atoms with Crippen LogP contribution in [0.1, 0.15) is 0 Å². The highest BCUT2D eigenvalue weighted by Gasteiger charge is 2.16. The Morgan fingerprint density at radius 2 is 1.81 bits per heavy atom. The predicted molar refractivity (Wildman–Crippen MR) is 105 cm³/mol. The summed E-state index contributed by atoms with van der Waals surface area (Å²) in [5, 5.41) is 13.3. The van der Waals surface area contributed by atoms with Crippen LogP contribution in [0.5, 0.6) is 0 Å². The molecule has 1 aromatic carbocycles. The monoisotopic (exact) mass is 435 g/mol. The van der Waals surface area contributed by atoms with Gasteiger partial charge < -0.3 is 10.2 Å². The van der Waals surface area contributed by atoms with Crippen LogP contribution < -0.4 is 10.2 Å². The first kappa shape index (κ1) is 20.5. The number of nitro benzene ring substituents is 1. The molecule has 2 aromatic rings. The minimum atomic E-state index is -0.502. The molecule has 2 rings (SSSR count). The average molecular weight is 436 g/mol. The highest BCUT2D eigenvalue weighted by Crippen LogP contribution is 2.18. The molecule has 0 bridgehead atoms. The minimum Gasteiger partial charge on any atom is -0.314 e. The Balaban J connectivity index is 1.87. The third kappa shape index (κ3) is 6.12. The molecule has 27 heavy (non-hydrogen) atoms. The van der Waals surface area contributed by atoms with Crippen molar-refractivity contribution in [1.29, 1.82) is 0 Å². The highest BCUT2D eigenvalue weighted by atomic mass is 79.9. The lowest BCUT2D eigenvalue weighted by Gasteiger charge is -2.21. The maximum absolute atomic E-state index is 12.4. The van der Waals surface area contributed by atoms with Crippen molar-refractivity contribution in [3.8, 4) is 0 Å². The van der Waals surface area contributed by atoms with Crippen molar-refractivity contribution in [2.75, 3.05) is 37.4 Å². The van der Waals surface area contributed by atoms with E-state index in [9.17, 15) is 19.7 Å². The van der Waals surface area contributed by atoms with E-state index in [0.717, 1.165) is 4.47 Å². The number of benzene rings is 1. The second-order valence-corrected chi connectivity index (χ2v) is 6.72. The lowest BCUT2D eigenvalue weighted by atomic mass is 10.2. The van der Waals surface area contributed by atoms with E-state index in [1.807, 2.05) is 0 Å². The number of hydrogen-bond acceptors (Lipinski definition) is 6. The number of carbonyl (C=O) groups is 2. The molecular formula is C17H18BrN5O4. The van der Waals surface area contributed by atoms with Gasteiger partial charge in [-0.15, -0.1) is 0 Å². The predicted octanol–water partition coefficient (Wildman–Crippen LogP) is 2.29. The largest absolute Gasteiger partial charge is 0.314 e. The van der Waals surface area contributed by atoms with Gasteiger partial charge in [0.2, 0.25) is 11.8 Å². The quantitative estimate of drug-likeness (QED) is 0.527. The molecule has 142 valence electrons. The van der Waals surface area contributed by atoms with Crippen molar-refractivity contribution in [2.45, 2.75) is 0 Å². The van der Waals surface area contributed by atoms with Crippen molar-refractivity contribution in [2.24, 2.45) is 0 Å². The molecule has 0 fully saturated rings. The Hall–Kier alpha value is -2.85. The fourth-order valence-electron chi connectivity index (χ4n) is 2.21. The summed E-state index contributed by atoms with van der Waals surface area (Å²) >= 11 is 3.26. The van der Waals surface area contributed by atoms with Crippen molar-refractivity contribution < 1.29 is 14.5 Å². The zero-order valence-corrected chi connectivity index (χ0v) is 16.3. The minimum absolute atomic E-state index is 0.00861. The number of nitrogens with one attached hydrogen (secondary N) is 1. The van der Waals surface area contributed by atoms with Crippen LogP contribution in [0.25, 0.3) is 0 Å². The molecule has 0 aliphatic heterocycles. The lowest BCUT2D eigenvalue weighted by Crippen LogP contribution is -2.40. The van der Waals surface area contributed by atoms with Crippen molar-refractivity contribution in [3.63, 3.8) is 0 Å². The Bertz CT molecular complexity index is 826. The van der Waals surface area contributed by atoms with Crippen LogP contribution in [0.4, 0.5) is 17.2 Å². The van der Waals surface area contributed by atoms with E-state index >= 15 is 0 Å². The van der Waals surface area contributed by atoms with E-state index in [2.05, 4.69) is 26.2 Å².